The van der Waals surface area contributed by atoms with Crippen molar-refractivity contribution >= 4 is 87.0 Å². The maximum absolute atomic E-state index is 13.1. The van der Waals surface area contributed by atoms with Crippen molar-refractivity contribution in [3.8, 4) is 0 Å². The van der Waals surface area contributed by atoms with Gasteiger partial charge in [-0.3, -0.25) is 14.4 Å². The molecule has 3 aromatic rings. The predicted molar refractivity (Wildman–Crippen MR) is 151 cm³/mol. The second kappa shape index (κ2) is 11.6. The summed E-state index contributed by atoms with van der Waals surface area (Å²) in [6.45, 7) is 1.68. The van der Waals surface area contributed by atoms with E-state index in [-0.39, 0.29) is 28.5 Å². The van der Waals surface area contributed by atoms with E-state index in [9.17, 15) is 23.2 Å². The number of Topliss-reactive ketones (excluding diaryl/α,β-unsaturated/α-hetero) is 1. The second-order valence-corrected chi connectivity index (χ2v) is 11.7. The van der Waals surface area contributed by atoms with Crippen molar-refractivity contribution in [1.29, 1.82) is 0 Å². The maximum atomic E-state index is 13.1. The summed E-state index contributed by atoms with van der Waals surface area (Å²) in [5, 5.41) is 5.69. The number of benzene rings is 3. The van der Waals surface area contributed by atoms with Crippen molar-refractivity contribution in [2.75, 3.05) is 10.6 Å². The van der Waals surface area contributed by atoms with Crippen LogP contribution in [0.2, 0.25) is 15.1 Å². The highest BCUT2D eigenvalue weighted by molar-refractivity contribution is 6.53. The average molecular weight is 635 g/mol. The molecule has 1 aliphatic rings. The molecule has 0 heterocycles. The zero-order chi connectivity index (χ0) is 28.6. The van der Waals surface area contributed by atoms with Crippen molar-refractivity contribution in [3.63, 3.8) is 0 Å². The van der Waals surface area contributed by atoms with Crippen LogP contribution in [0.4, 0.5) is 20.2 Å². The number of amides is 2. The van der Waals surface area contributed by atoms with Crippen molar-refractivity contribution in [1.82, 2.24) is 0 Å². The minimum atomic E-state index is -3.14. The largest absolute Gasteiger partial charge is 0.326 e. The van der Waals surface area contributed by atoms with Crippen LogP contribution in [0.25, 0.3) is 0 Å². The zero-order valence-electron chi connectivity index (χ0n) is 20.0. The van der Waals surface area contributed by atoms with Gasteiger partial charge in [-0.2, -0.15) is 8.78 Å². The Kier molecular flexibility index (Phi) is 8.79. The summed E-state index contributed by atoms with van der Waals surface area (Å²) in [4.78, 5) is 37.4. The molecule has 39 heavy (non-hydrogen) atoms. The summed E-state index contributed by atoms with van der Waals surface area (Å²) in [6.07, 6.45) is -3.20. The van der Waals surface area contributed by atoms with Gasteiger partial charge in [0.25, 0.3) is 5.91 Å². The molecule has 204 valence electrons. The molecule has 2 atom stereocenters. The first kappa shape index (κ1) is 29.6. The molecule has 0 radical (unpaired) electrons. The van der Waals surface area contributed by atoms with Gasteiger partial charge in [0.2, 0.25) is 5.91 Å². The number of hydrogen-bond donors (Lipinski definition) is 2. The van der Waals surface area contributed by atoms with Crippen molar-refractivity contribution in [2.45, 2.75) is 30.0 Å². The van der Waals surface area contributed by atoms with Crippen LogP contribution in [-0.2, 0) is 16.0 Å². The van der Waals surface area contributed by atoms with Crippen LogP contribution < -0.4 is 10.6 Å². The predicted octanol–water partition coefficient (Wildman–Crippen LogP) is 8.11. The van der Waals surface area contributed by atoms with Gasteiger partial charge in [0.05, 0.1) is 21.0 Å². The normalized spacial score (nSPS) is 17.6. The molecule has 2 N–H and O–H groups in total. The number of carbonyl (C=O) groups is 3. The first-order valence-electron chi connectivity index (χ1n) is 11.4. The topological polar surface area (TPSA) is 75.3 Å². The number of halogens is 7. The van der Waals surface area contributed by atoms with Crippen molar-refractivity contribution in [3.05, 3.63) is 91.9 Å². The number of rotatable bonds is 8. The lowest BCUT2D eigenvalue weighted by atomic mass is 9.98. The minimum Gasteiger partial charge on any atom is -0.326 e. The molecule has 0 aliphatic heterocycles. The first-order chi connectivity index (χ1) is 18.3. The molecule has 0 spiro atoms. The summed E-state index contributed by atoms with van der Waals surface area (Å²) in [5.41, 5.74) is 2.56. The molecular formula is C27H19Cl5F2N2O3. The smallest absolute Gasteiger partial charge is 0.315 e. The fourth-order valence-electron chi connectivity index (χ4n) is 4.25. The molecule has 0 saturated heterocycles. The van der Waals surface area contributed by atoms with Crippen LogP contribution in [0, 0.1) is 12.8 Å². The fraction of sp³-hybridized carbons (Fsp3) is 0.222. The van der Waals surface area contributed by atoms with E-state index in [1.165, 1.54) is 24.3 Å². The molecule has 0 aromatic heterocycles. The van der Waals surface area contributed by atoms with E-state index in [4.69, 9.17) is 58.0 Å². The Hall–Kier alpha value is -2.42. The quantitative estimate of drug-likeness (QED) is 0.194. The highest BCUT2D eigenvalue weighted by Gasteiger charge is 2.67. The molecule has 1 saturated carbocycles. The molecule has 1 fully saturated rings. The lowest BCUT2D eigenvalue weighted by molar-refractivity contribution is -0.126. The third-order valence-electron chi connectivity index (χ3n) is 6.33. The number of ketones is 1. The second-order valence-electron chi connectivity index (χ2n) is 9.02. The molecule has 1 aliphatic carbocycles. The van der Waals surface area contributed by atoms with E-state index in [1.54, 1.807) is 37.3 Å². The van der Waals surface area contributed by atoms with Gasteiger partial charge in [-0.05, 0) is 66.1 Å². The Balaban J connectivity index is 1.47. The molecule has 5 nitrogen and oxygen atoms in total. The van der Waals surface area contributed by atoms with Gasteiger partial charge in [0, 0.05) is 29.3 Å². The van der Waals surface area contributed by atoms with Crippen LogP contribution in [-0.4, -0.2) is 28.4 Å². The lowest BCUT2D eigenvalue weighted by Gasteiger charge is -2.11. The number of hydrogen-bond acceptors (Lipinski definition) is 3. The fourth-order valence-corrected chi connectivity index (χ4v) is 5.60. The van der Waals surface area contributed by atoms with Gasteiger partial charge in [0.1, 0.15) is 4.33 Å². The molecule has 2 amide bonds. The van der Waals surface area contributed by atoms with Gasteiger partial charge in [-0.15, -0.1) is 23.2 Å². The molecule has 12 heteroatoms. The average Bonchev–Trinajstić information content (AvgIpc) is 3.45. The van der Waals surface area contributed by atoms with Crippen LogP contribution in [0.5, 0.6) is 0 Å². The lowest BCUT2D eigenvalue weighted by Crippen LogP contribution is -2.20. The Bertz CT molecular complexity index is 1480. The SMILES string of the molecule is Cc1cc(NC(=O)C(F)F)ccc1CC(=O)c1cc(NC(=O)C2C(c3ccc(Cl)c(Cl)c3)C2(Cl)Cl)ccc1Cl. The van der Waals surface area contributed by atoms with Crippen LogP contribution >= 0.6 is 58.0 Å². The molecule has 2 unspecified atom stereocenters. The third kappa shape index (κ3) is 6.50. The summed E-state index contributed by atoms with van der Waals surface area (Å²) in [5.74, 6) is -3.50. The van der Waals surface area contributed by atoms with E-state index >= 15 is 0 Å². The number of aryl methyl sites for hydroxylation is 1. The molecule has 3 aromatic carbocycles. The molecule has 0 bridgehead atoms. The van der Waals surface area contributed by atoms with Gasteiger partial charge in [0.15, 0.2) is 5.78 Å². The van der Waals surface area contributed by atoms with Gasteiger partial charge < -0.3 is 10.6 Å². The van der Waals surface area contributed by atoms with Crippen LogP contribution in [0.15, 0.2) is 54.6 Å². The Morgan fingerprint density at radius 3 is 2.15 bits per heavy atom. The molecule has 4 rings (SSSR count). The summed E-state index contributed by atoms with van der Waals surface area (Å²) in [7, 11) is 0. The highest BCUT2D eigenvalue weighted by Crippen LogP contribution is 2.65. The van der Waals surface area contributed by atoms with Gasteiger partial charge in [-0.1, -0.05) is 46.9 Å². The van der Waals surface area contributed by atoms with Gasteiger partial charge >= 0.3 is 6.43 Å². The number of nitrogens with one attached hydrogen (secondary N) is 2. The summed E-state index contributed by atoms with van der Waals surface area (Å²) < 4.78 is 23.6. The van der Waals surface area contributed by atoms with Gasteiger partial charge in [-0.25, -0.2) is 0 Å². The van der Waals surface area contributed by atoms with Crippen LogP contribution in [0.1, 0.15) is 33.0 Å². The Morgan fingerprint density at radius 1 is 0.872 bits per heavy atom. The number of alkyl halides is 4. The zero-order valence-corrected chi connectivity index (χ0v) is 23.8. The monoisotopic (exact) mass is 632 g/mol. The van der Waals surface area contributed by atoms with E-state index in [0.717, 1.165) is 0 Å². The Morgan fingerprint density at radius 2 is 1.51 bits per heavy atom. The molecular weight excluding hydrogens is 616 g/mol. The van der Waals surface area contributed by atoms with Crippen molar-refractivity contribution < 1.29 is 23.2 Å². The van der Waals surface area contributed by atoms with E-state index in [1.807, 2.05) is 0 Å². The number of anilines is 2. The first-order valence-corrected chi connectivity index (χ1v) is 13.3. The minimum absolute atomic E-state index is 0.0550. The summed E-state index contributed by atoms with van der Waals surface area (Å²) >= 11 is 31.2. The number of carbonyl (C=O) groups excluding carboxylic acids is 3. The maximum Gasteiger partial charge on any atom is 0.315 e. The van der Waals surface area contributed by atoms with E-state index in [0.29, 0.717) is 32.4 Å². The standard InChI is InChI=1S/C27H19Cl5F2N2O3/c1-12-8-15(36-26(39)24(33)34)4-2-13(12)10-21(37)17-11-16(5-7-18(17)28)35-25(38)23-22(27(23,31)32)14-3-6-19(29)20(30)9-14/h2-9,11,22-24H,10H2,1H3,(H,35,38)(H,36,39). The Labute approximate surface area is 247 Å². The van der Waals surface area contributed by atoms with Crippen molar-refractivity contribution in [2.24, 2.45) is 5.92 Å². The van der Waals surface area contributed by atoms with Crippen LogP contribution in [0.3, 0.4) is 0 Å². The van der Waals surface area contributed by atoms with E-state index < -0.39 is 34.4 Å². The third-order valence-corrected chi connectivity index (χ3v) is 8.34. The highest BCUT2D eigenvalue weighted by atomic mass is 35.5. The van der Waals surface area contributed by atoms with E-state index in [2.05, 4.69) is 10.6 Å². The summed E-state index contributed by atoms with van der Waals surface area (Å²) in [6, 6.07) is 13.9.